The second-order valence-electron chi connectivity index (χ2n) is 4.77. The third kappa shape index (κ3) is 0.367. The average molecular weight is 124 g/mol. The van der Waals surface area contributed by atoms with Crippen LogP contribution in [0.25, 0.3) is 0 Å². The summed E-state index contributed by atoms with van der Waals surface area (Å²) in [6, 6.07) is 0. The van der Waals surface area contributed by atoms with Crippen LogP contribution in [0.3, 0.4) is 0 Å². The molecule has 0 heterocycles. The predicted molar refractivity (Wildman–Crippen MR) is 39.2 cm³/mol. The predicted octanol–water partition coefficient (Wildman–Crippen LogP) is 2.69. The van der Waals surface area contributed by atoms with Gasteiger partial charge < -0.3 is 0 Å². The second-order valence-corrected chi connectivity index (χ2v) is 4.77. The molecule has 52 valence electrons. The van der Waals surface area contributed by atoms with Crippen LogP contribution in [0, 0.1) is 22.7 Å². The van der Waals surface area contributed by atoms with Gasteiger partial charge in [0.25, 0.3) is 0 Å². The van der Waals surface area contributed by atoms with Crippen molar-refractivity contribution in [3.05, 3.63) is 0 Å². The SMILES string of the molecule is CC1C2CC(C)(C)C12C. The lowest BCUT2D eigenvalue weighted by Crippen LogP contribution is -2.34. The fourth-order valence-electron chi connectivity index (χ4n) is 2.98. The van der Waals surface area contributed by atoms with Gasteiger partial charge in [0.2, 0.25) is 0 Å². The Hall–Kier alpha value is 0. The molecule has 2 aliphatic rings. The Balaban J connectivity index is 2.25. The average Bonchev–Trinajstić information content (AvgIpc) is 2.17. The van der Waals surface area contributed by atoms with E-state index in [2.05, 4.69) is 27.7 Å². The minimum absolute atomic E-state index is 0.664. The molecule has 0 aromatic heterocycles. The maximum absolute atomic E-state index is 2.45. The zero-order valence-corrected chi connectivity index (χ0v) is 6.86. The molecule has 0 aromatic carbocycles. The molecule has 0 bridgehead atoms. The van der Waals surface area contributed by atoms with Crippen molar-refractivity contribution in [1.29, 1.82) is 0 Å². The summed E-state index contributed by atoms with van der Waals surface area (Å²) in [5, 5.41) is 0. The van der Waals surface area contributed by atoms with Crippen LogP contribution in [0.5, 0.6) is 0 Å². The quantitative estimate of drug-likeness (QED) is 0.465. The lowest BCUT2D eigenvalue weighted by Gasteiger charge is -2.42. The van der Waals surface area contributed by atoms with Crippen molar-refractivity contribution < 1.29 is 0 Å². The van der Waals surface area contributed by atoms with Crippen LogP contribution in [-0.4, -0.2) is 0 Å². The molecule has 3 unspecified atom stereocenters. The summed E-state index contributed by atoms with van der Waals surface area (Å²) in [4.78, 5) is 0. The summed E-state index contributed by atoms with van der Waals surface area (Å²) in [6.45, 7) is 9.67. The van der Waals surface area contributed by atoms with Gasteiger partial charge in [0.05, 0.1) is 0 Å². The first kappa shape index (κ1) is 5.76. The molecule has 2 aliphatic carbocycles. The molecule has 0 aromatic rings. The normalized spacial score (nSPS) is 60.0. The minimum Gasteiger partial charge on any atom is -0.0617 e. The number of hydrogen-bond acceptors (Lipinski definition) is 0. The lowest BCUT2D eigenvalue weighted by atomic mass is 9.63. The Morgan fingerprint density at radius 3 is 1.78 bits per heavy atom. The molecule has 0 radical (unpaired) electrons. The number of hydrogen-bond donors (Lipinski definition) is 0. The summed E-state index contributed by atoms with van der Waals surface area (Å²) >= 11 is 0. The highest BCUT2D eigenvalue weighted by Gasteiger charge is 2.74. The van der Waals surface area contributed by atoms with Gasteiger partial charge in [-0.1, -0.05) is 27.7 Å². The molecule has 2 rings (SSSR count). The molecule has 0 saturated heterocycles. The molecule has 3 atom stereocenters. The van der Waals surface area contributed by atoms with Crippen LogP contribution < -0.4 is 0 Å². The van der Waals surface area contributed by atoms with Gasteiger partial charge in [-0.25, -0.2) is 0 Å². The largest absolute Gasteiger partial charge is 0.0617 e. The van der Waals surface area contributed by atoms with Gasteiger partial charge >= 0.3 is 0 Å². The van der Waals surface area contributed by atoms with E-state index in [1.807, 2.05) is 0 Å². The van der Waals surface area contributed by atoms with Crippen molar-refractivity contribution >= 4 is 0 Å². The van der Waals surface area contributed by atoms with E-state index in [0.717, 1.165) is 17.3 Å². The maximum atomic E-state index is 2.45. The fraction of sp³-hybridized carbons (Fsp3) is 1.00. The Morgan fingerprint density at radius 2 is 1.78 bits per heavy atom. The van der Waals surface area contributed by atoms with Gasteiger partial charge in [-0.15, -0.1) is 0 Å². The number of rotatable bonds is 0. The Morgan fingerprint density at radius 1 is 1.22 bits per heavy atom. The highest BCUT2D eigenvalue weighted by molar-refractivity contribution is 5.22. The van der Waals surface area contributed by atoms with Gasteiger partial charge in [-0.3, -0.25) is 0 Å². The summed E-state index contributed by atoms with van der Waals surface area (Å²) in [7, 11) is 0. The highest BCUT2D eigenvalue weighted by Crippen LogP contribution is 2.80. The molecule has 0 nitrogen and oxygen atoms in total. The van der Waals surface area contributed by atoms with Crippen molar-refractivity contribution in [2.24, 2.45) is 22.7 Å². The third-order valence-electron chi connectivity index (χ3n) is 4.40. The highest BCUT2D eigenvalue weighted by atomic mass is 14.8. The van der Waals surface area contributed by atoms with Gasteiger partial charge in [-0.2, -0.15) is 0 Å². The monoisotopic (exact) mass is 124 g/mol. The van der Waals surface area contributed by atoms with E-state index in [9.17, 15) is 0 Å². The molecule has 2 saturated carbocycles. The zero-order valence-electron chi connectivity index (χ0n) is 6.86. The smallest absolute Gasteiger partial charge is 0.0215 e. The standard InChI is InChI=1S/C9H16/c1-6-7-5-8(2,3)9(6,7)4/h6-7H,5H2,1-4H3. The van der Waals surface area contributed by atoms with E-state index < -0.39 is 0 Å². The van der Waals surface area contributed by atoms with Gasteiger partial charge in [0.15, 0.2) is 0 Å². The van der Waals surface area contributed by atoms with Crippen LogP contribution in [0.2, 0.25) is 0 Å². The van der Waals surface area contributed by atoms with Gasteiger partial charge in [0.1, 0.15) is 0 Å². The van der Waals surface area contributed by atoms with Crippen LogP contribution in [-0.2, 0) is 0 Å². The Labute approximate surface area is 57.6 Å². The van der Waals surface area contributed by atoms with E-state index in [1.165, 1.54) is 6.42 Å². The van der Waals surface area contributed by atoms with Gasteiger partial charge in [-0.05, 0) is 29.1 Å². The van der Waals surface area contributed by atoms with E-state index in [4.69, 9.17) is 0 Å². The fourth-order valence-corrected chi connectivity index (χ4v) is 2.98. The van der Waals surface area contributed by atoms with Crippen molar-refractivity contribution in [3.63, 3.8) is 0 Å². The van der Waals surface area contributed by atoms with Crippen molar-refractivity contribution in [1.82, 2.24) is 0 Å². The summed E-state index contributed by atoms with van der Waals surface area (Å²) in [5.41, 5.74) is 1.41. The van der Waals surface area contributed by atoms with Crippen LogP contribution in [0.15, 0.2) is 0 Å². The summed E-state index contributed by atoms with van der Waals surface area (Å²) < 4.78 is 0. The summed E-state index contributed by atoms with van der Waals surface area (Å²) in [6.07, 6.45) is 1.48. The Bertz CT molecular complexity index is 151. The topological polar surface area (TPSA) is 0 Å². The Kier molecular flexibility index (Phi) is 0.695. The van der Waals surface area contributed by atoms with Crippen LogP contribution in [0.1, 0.15) is 34.1 Å². The van der Waals surface area contributed by atoms with E-state index >= 15 is 0 Å². The third-order valence-corrected chi connectivity index (χ3v) is 4.40. The first-order chi connectivity index (χ1) is 4.00. The molecule has 0 heteroatoms. The first-order valence-corrected chi connectivity index (χ1v) is 4.00. The molecular weight excluding hydrogens is 108 g/mol. The van der Waals surface area contributed by atoms with Gasteiger partial charge in [0, 0.05) is 0 Å². The minimum atomic E-state index is 0.664. The number of fused-ring (bicyclic) bond motifs is 1. The molecule has 0 aliphatic heterocycles. The lowest BCUT2D eigenvalue weighted by molar-refractivity contribution is 0.0696. The molecule has 0 N–H and O–H groups in total. The first-order valence-electron chi connectivity index (χ1n) is 4.00. The van der Waals surface area contributed by atoms with Crippen molar-refractivity contribution in [2.45, 2.75) is 34.1 Å². The van der Waals surface area contributed by atoms with E-state index in [-0.39, 0.29) is 0 Å². The molecule has 0 spiro atoms. The van der Waals surface area contributed by atoms with Crippen LogP contribution in [0.4, 0.5) is 0 Å². The molecule has 0 amide bonds. The molecule has 9 heavy (non-hydrogen) atoms. The van der Waals surface area contributed by atoms with E-state index in [0.29, 0.717) is 5.41 Å². The van der Waals surface area contributed by atoms with Crippen LogP contribution >= 0.6 is 0 Å². The maximum Gasteiger partial charge on any atom is -0.0215 e. The summed E-state index contributed by atoms with van der Waals surface area (Å²) in [5.74, 6) is 2.11. The molecule has 2 fully saturated rings. The van der Waals surface area contributed by atoms with Crippen molar-refractivity contribution in [3.8, 4) is 0 Å². The second kappa shape index (κ2) is 1.09. The van der Waals surface area contributed by atoms with Crippen molar-refractivity contribution in [2.75, 3.05) is 0 Å². The van der Waals surface area contributed by atoms with E-state index in [1.54, 1.807) is 0 Å². The zero-order chi connectivity index (χ0) is 6.86. The molecular formula is C9H16.